The second-order valence-corrected chi connectivity index (χ2v) is 6.40. The van der Waals surface area contributed by atoms with Crippen LogP contribution in [0.15, 0.2) is 35.4 Å². The number of aromatic nitrogens is 2. The molecule has 2 heterocycles. The maximum atomic E-state index is 14.3. The third-order valence-electron chi connectivity index (χ3n) is 4.59. The van der Waals surface area contributed by atoms with Crippen LogP contribution in [0.25, 0.3) is 10.9 Å². The van der Waals surface area contributed by atoms with Crippen LogP contribution in [-0.4, -0.2) is 21.2 Å². The van der Waals surface area contributed by atoms with Crippen LogP contribution >= 0.6 is 0 Å². The van der Waals surface area contributed by atoms with Crippen molar-refractivity contribution >= 4 is 28.3 Å². The van der Waals surface area contributed by atoms with Crippen LogP contribution in [0, 0.1) is 17.5 Å². The molecule has 1 aliphatic rings. The molecule has 0 atom stereocenters. The van der Waals surface area contributed by atoms with E-state index in [9.17, 15) is 27.6 Å². The van der Waals surface area contributed by atoms with E-state index in [0.717, 1.165) is 29.1 Å². The lowest BCUT2D eigenvalue weighted by molar-refractivity contribution is -0.116. The first kappa shape index (κ1) is 17.9. The first-order chi connectivity index (χ1) is 13.3. The van der Waals surface area contributed by atoms with Gasteiger partial charge in [0.15, 0.2) is 17.4 Å². The summed E-state index contributed by atoms with van der Waals surface area (Å²) in [5, 5.41) is 2.34. The first-order valence-corrected chi connectivity index (χ1v) is 8.34. The van der Waals surface area contributed by atoms with Crippen molar-refractivity contribution in [1.82, 2.24) is 9.55 Å². The number of anilines is 1. The fourth-order valence-corrected chi connectivity index (χ4v) is 3.14. The van der Waals surface area contributed by atoms with Crippen molar-refractivity contribution in [3.63, 3.8) is 0 Å². The van der Waals surface area contributed by atoms with Crippen molar-refractivity contribution < 1.29 is 22.8 Å². The number of carbonyl (C=O) groups is 2. The van der Waals surface area contributed by atoms with E-state index in [1.54, 1.807) is 0 Å². The van der Waals surface area contributed by atoms with E-state index in [1.807, 2.05) is 0 Å². The van der Waals surface area contributed by atoms with Crippen LogP contribution in [0.4, 0.5) is 18.9 Å². The summed E-state index contributed by atoms with van der Waals surface area (Å²) < 4.78 is 42.3. The third kappa shape index (κ3) is 2.94. The number of nitrogens with zero attached hydrogens (tertiary/aromatic N) is 2. The van der Waals surface area contributed by atoms with Crippen LogP contribution in [0.3, 0.4) is 0 Å². The maximum Gasteiger partial charge on any atom is 0.261 e. The van der Waals surface area contributed by atoms with Crippen LogP contribution in [0.1, 0.15) is 22.3 Å². The zero-order valence-corrected chi connectivity index (χ0v) is 14.3. The van der Waals surface area contributed by atoms with Gasteiger partial charge in [-0.1, -0.05) is 0 Å². The molecule has 0 fully saturated rings. The van der Waals surface area contributed by atoms with Gasteiger partial charge in [-0.2, -0.15) is 0 Å². The Bertz CT molecular complexity index is 1220. The smallest absolute Gasteiger partial charge is 0.261 e. The molecule has 0 radical (unpaired) electrons. The summed E-state index contributed by atoms with van der Waals surface area (Å²) in [5.74, 6) is -4.15. The van der Waals surface area contributed by atoms with Gasteiger partial charge in [-0.3, -0.25) is 19.0 Å². The lowest BCUT2D eigenvalue weighted by Gasteiger charge is -2.18. The number of ketones is 1. The van der Waals surface area contributed by atoms with Gasteiger partial charge in [0.05, 0.1) is 23.8 Å². The maximum absolute atomic E-state index is 14.3. The fourth-order valence-electron chi connectivity index (χ4n) is 3.14. The largest absolute Gasteiger partial charge is 0.326 e. The minimum atomic E-state index is -1.25. The number of benzene rings is 2. The summed E-state index contributed by atoms with van der Waals surface area (Å²) in [6, 6.07) is 4.29. The Hall–Kier alpha value is -3.49. The minimum Gasteiger partial charge on any atom is -0.326 e. The summed E-state index contributed by atoms with van der Waals surface area (Å²) in [7, 11) is 0. The lowest BCUT2D eigenvalue weighted by Crippen LogP contribution is -2.26. The van der Waals surface area contributed by atoms with Gasteiger partial charge in [-0.05, 0) is 36.2 Å². The Labute approximate surface area is 155 Å². The molecule has 0 saturated carbocycles. The lowest BCUT2D eigenvalue weighted by atomic mass is 9.98. The molecular formula is C19H12F3N3O3. The van der Waals surface area contributed by atoms with E-state index in [1.165, 1.54) is 6.07 Å². The van der Waals surface area contributed by atoms with Crippen molar-refractivity contribution in [3.05, 3.63) is 69.5 Å². The van der Waals surface area contributed by atoms with Gasteiger partial charge >= 0.3 is 0 Å². The average Bonchev–Trinajstić information content (AvgIpc) is 2.66. The summed E-state index contributed by atoms with van der Waals surface area (Å²) in [5.41, 5.74) is -0.488. The molecule has 0 aliphatic carbocycles. The van der Waals surface area contributed by atoms with E-state index in [-0.39, 0.29) is 23.3 Å². The molecule has 0 unspecified atom stereocenters. The molecule has 1 N–H and O–H groups in total. The third-order valence-corrected chi connectivity index (χ3v) is 4.59. The number of rotatable bonds is 3. The molecule has 0 saturated heterocycles. The van der Waals surface area contributed by atoms with Crippen LogP contribution in [0.2, 0.25) is 0 Å². The Morgan fingerprint density at radius 2 is 1.89 bits per heavy atom. The summed E-state index contributed by atoms with van der Waals surface area (Å²) in [4.78, 5) is 40.1. The Kier molecular flexibility index (Phi) is 4.21. The molecule has 28 heavy (non-hydrogen) atoms. The van der Waals surface area contributed by atoms with Gasteiger partial charge in [0, 0.05) is 12.1 Å². The Morgan fingerprint density at radius 3 is 2.68 bits per heavy atom. The zero-order valence-electron chi connectivity index (χ0n) is 14.3. The van der Waals surface area contributed by atoms with Gasteiger partial charge < -0.3 is 5.32 Å². The Morgan fingerprint density at radius 1 is 1.11 bits per heavy atom. The SMILES string of the molecule is O=C1CCc2cc(C(=O)Cn3cnc4c(F)c(F)ccc4c3=O)c(F)cc2N1. The molecule has 0 spiro atoms. The number of amides is 1. The predicted octanol–water partition coefficient (Wildman–Crippen LogP) is 2.58. The topological polar surface area (TPSA) is 81.1 Å². The fraction of sp³-hybridized carbons (Fsp3) is 0.158. The molecule has 1 amide bonds. The molecule has 9 heteroatoms. The predicted molar refractivity (Wildman–Crippen MR) is 93.6 cm³/mol. The van der Waals surface area contributed by atoms with E-state index in [2.05, 4.69) is 10.3 Å². The molecule has 1 aromatic heterocycles. The number of carbonyl (C=O) groups excluding carboxylic acids is 2. The van der Waals surface area contributed by atoms with Crippen molar-refractivity contribution in [3.8, 4) is 0 Å². The van der Waals surface area contributed by atoms with Crippen molar-refractivity contribution in [2.24, 2.45) is 0 Å². The molecule has 1 aliphatic heterocycles. The highest BCUT2D eigenvalue weighted by molar-refractivity contribution is 5.99. The van der Waals surface area contributed by atoms with Gasteiger partial charge in [0.25, 0.3) is 5.56 Å². The van der Waals surface area contributed by atoms with Gasteiger partial charge in [-0.15, -0.1) is 0 Å². The van der Waals surface area contributed by atoms with E-state index >= 15 is 0 Å². The quantitative estimate of drug-likeness (QED) is 0.701. The number of hydrogen-bond donors (Lipinski definition) is 1. The Balaban J connectivity index is 1.69. The van der Waals surface area contributed by atoms with E-state index < -0.39 is 40.9 Å². The van der Waals surface area contributed by atoms with Gasteiger partial charge in [0.2, 0.25) is 5.91 Å². The minimum absolute atomic E-state index is 0.192. The molecule has 142 valence electrons. The van der Waals surface area contributed by atoms with Crippen molar-refractivity contribution in [2.75, 3.05) is 5.32 Å². The molecule has 3 aromatic rings. The number of Topliss-reactive ketones (excluding diaryl/α,β-unsaturated/α-hetero) is 1. The normalized spacial score (nSPS) is 13.3. The second kappa shape index (κ2) is 6.59. The van der Waals surface area contributed by atoms with Crippen LogP contribution < -0.4 is 10.9 Å². The standard InChI is InChI=1S/C19H12F3N3O3/c20-12-3-2-10-18(17(12)22)23-8-25(19(10)28)7-15(26)11-5-9-1-4-16(27)24-14(9)6-13(11)21/h2-3,5-6,8H,1,4,7H2,(H,24,27). The highest BCUT2D eigenvalue weighted by Crippen LogP contribution is 2.26. The number of nitrogens with one attached hydrogen (secondary N) is 1. The second-order valence-electron chi connectivity index (χ2n) is 6.40. The highest BCUT2D eigenvalue weighted by Gasteiger charge is 2.21. The van der Waals surface area contributed by atoms with E-state index in [0.29, 0.717) is 17.7 Å². The summed E-state index contributed by atoms with van der Waals surface area (Å²) in [6.45, 7) is -0.525. The average molecular weight is 387 g/mol. The zero-order chi connectivity index (χ0) is 20.0. The van der Waals surface area contributed by atoms with Crippen LogP contribution in [-0.2, 0) is 17.8 Å². The number of fused-ring (bicyclic) bond motifs is 2. The molecule has 2 aromatic carbocycles. The van der Waals surface area contributed by atoms with Gasteiger partial charge in [-0.25, -0.2) is 18.2 Å². The summed E-state index contributed by atoms with van der Waals surface area (Å²) in [6.07, 6.45) is 1.51. The molecule has 0 bridgehead atoms. The molecular weight excluding hydrogens is 375 g/mol. The van der Waals surface area contributed by atoms with E-state index in [4.69, 9.17) is 0 Å². The van der Waals surface area contributed by atoms with Crippen LogP contribution in [0.5, 0.6) is 0 Å². The molecule has 6 nitrogen and oxygen atoms in total. The monoisotopic (exact) mass is 387 g/mol. The first-order valence-electron chi connectivity index (χ1n) is 8.34. The molecule has 4 rings (SSSR count). The summed E-state index contributed by atoms with van der Waals surface area (Å²) >= 11 is 0. The number of aryl methyl sites for hydroxylation is 1. The van der Waals surface area contributed by atoms with Crippen molar-refractivity contribution in [1.29, 1.82) is 0 Å². The van der Waals surface area contributed by atoms with Gasteiger partial charge in [0.1, 0.15) is 11.3 Å². The number of hydrogen-bond acceptors (Lipinski definition) is 4. The van der Waals surface area contributed by atoms with Crippen molar-refractivity contribution in [2.45, 2.75) is 19.4 Å². The highest BCUT2D eigenvalue weighted by atomic mass is 19.2. The number of halogens is 3.